The molecule has 0 atom stereocenters. The van der Waals surface area contributed by atoms with E-state index >= 15 is 0 Å². The second-order valence-corrected chi connectivity index (χ2v) is 15.5. The molecule has 0 aromatic heterocycles. The monoisotopic (exact) mass is 692 g/mol. The van der Waals surface area contributed by atoms with Crippen LogP contribution in [-0.4, -0.2) is 0 Å². The number of fused-ring (bicyclic) bond motifs is 13. The average molecular weight is 693 g/mol. The lowest BCUT2D eigenvalue weighted by Crippen LogP contribution is -2.26. The Kier molecular flexibility index (Phi) is 5.65. The van der Waals surface area contributed by atoms with E-state index in [1.165, 1.54) is 121 Å². The Bertz CT molecular complexity index is 3370. The summed E-state index contributed by atoms with van der Waals surface area (Å²) in [6.45, 7) is 0. The van der Waals surface area contributed by atoms with Gasteiger partial charge in [0.15, 0.2) is 0 Å². The van der Waals surface area contributed by atoms with Crippen LogP contribution in [0.15, 0.2) is 194 Å². The van der Waals surface area contributed by atoms with Gasteiger partial charge in [0.05, 0.1) is 5.41 Å². The highest BCUT2D eigenvalue weighted by Gasteiger charge is 2.53. The zero-order chi connectivity index (χ0) is 35.8. The maximum absolute atomic E-state index is 2.57. The van der Waals surface area contributed by atoms with Gasteiger partial charge >= 0.3 is 0 Å². The molecule has 0 N–H and O–H groups in total. The van der Waals surface area contributed by atoms with Crippen LogP contribution in [0.1, 0.15) is 22.3 Å². The molecule has 0 saturated carbocycles. The van der Waals surface area contributed by atoms with Gasteiger partial charge in [-0.25, -0.2) is 0 Å². The van der Waals surface area contributed by atoms with Crippen LogP contribution < -0.4 is 0 Å². The first-order valence-corrected chi connectivity index (χ1v) is 19.3. The minimum Gasteiger partial charge on any atom is -0.0619 e. The van der Waals surface area contributed by atoms with Crippen LogP contribution in [0, 0.1) is 0 Å². The molecule has 0 fully saturated rings. The van der Waals surface area contributed by atoms with Gasteiger partial charge in [-0.3, -0.25) is 0 Å². The normalized spacial score (nSPS) is 13.6. The van der Waals surface area contributed by atoms with Gasteiger partial charge in [-0.05, 0) is 133 Å². The van der Waals surface area contributed by atoms with Crippen LogP contribution in [0.5, 0.6) is 0 Å². The van der Waals surface area contributed by atoms with Crippen molar-refractivity contribution in [3.05, 3.63) is 216 Å². The first-order valence-electron chi connectivity index (χ1n) is 19.3. The van der Waals surface area contributed by atoms with E-state index in [0.29, 0.717) is 0 Å². The molecule has 1 spiro atoms. The lowest BCUT2D eigenvalue weighted by molar-refractivity contribution is 0.802. The van der Waals surface area contributed by atoms with Crippen LogP contribution in [-0.2, 0) is 5.41 Å². The molecule has 11 aromatic rings. The standard InChI is InChI=1S/C55H32/c1-3-16-39-33(11-1)13-10-20-42(39)47-31-38(40-28-26-37-24-23-35-14-9-15-36-27-29-45(40)52(37)51(35)36)32-50-53(47)46-30-25-34-12-2-4-17-41(34)54(46)55(50)48-21-7-5-18-43(48)44-19-6-8-22-49(44)55/h1-32H. The van der Waals surface area contributed by atoms with Crippen LogP contribution in [0.4, 0.5) is 0 Å². The van der Waals surface area contributed by atoms with Crippen molar-refractivity contribution in [2.45, 2.75) is 5.41 Å². The maximum Gasteiger partial charge on any atom is 0.0731 e. The van der Waals surface area contributed by atoms with Crippen LogP contribution in [0.2, 0.25) is 0 Å². The molecular formula is C55H32. The second kappa shape index (κ2) is 10.6. The van der Waals surface area contributed by atoms with Crippen LogP contribution in [0.3, 0.4) is 0 Å². The van der Waals surface area contributed by atoms with E-state index in [2.05, 4.69) is 194 Å². The number of rotatable bonds is 2. The molecule has 55 heavy (non-hydrogen) atoms. The summed E-state index contributed by atoms with van der Waals surface area (Å²) >= 11 is 0. The minimum atomic E-state index is -0.502. The van der Waals surface area contributed by atoms with Crippen molar-refractivity contribution in [1.29, 1.82) is 0 Å². The fraction of sp³-hybridized carbons (Fsp3) is 0.0182. The second-order valence-electron chi connectivity index (χ2n) is 15.5. The van der Waals surface area contributed by atoms with Crippen molar-refractivity contribution in [2.24, 2.45) is 0 Å². The molecule has 0 amide bonds. The predicted molar refractivity (Wildman–Crippen MR) is 232 cm³/mol. The van der Waals surface area contributed by atoms with Gasteiger partial charge in [-0.15, -0.1) is 0 Å². The van der Waals surface area contributed by atoms with E-state index in [4.69, 9.17) is 0 Å². The summed E-state index contributed by atoms with van der Waals surface area (Å²) < 4.78 is 0. The summed E-state index contributed by atoms with van der Waals surface area (Å²) in [6, 6.07) is 73.6. The van der Waals surface area contributed by atoms with Crippen molar-refractivity contribution in [2.75, 3.05) is 0 Å². The molecule has 2 aliphatic rings. The highest BCUT2D eigenvalue weighted by atomic mass is 14.5. The summed E-state index contributed by atoms with van der Waals surface area (Å²) in [6.07, 6.45) is 0. The summed E-state index contributed by atoms with van der Waals surface area (Å²) in [5.41, 5.74) is 15.4. The quantitative estimate of drug-likeness (QED) is 0.158. The van der Waals surface area contributed by atoms with Gasteiger partial charge in [0.25, 0.3) is 0 Å². The molecule has 0 radical (unpaired) electrons. The van der Waals surface area contributed by atoms with E-state index in [9.17, 15) is 0 Å². The summed E-state index contributed by atoms with van der Waals surface area (Å²) in [7, 11) is 0. The van der Waals surface area contributed by atoms with Gasteiger partial charge in [0.1, 0.15) is 0 Å². The Hall–Kier alpha value is -7.02. The average Bonchev–Trinajstić information content (AvgIpc) is 3.72. The Labute approximate surface area is 318 Å². The van der Waals surface area contributed by atoms with E-state index in [0.717, 1.165) is 0 Å². The number of hydrogen-bond donors (Lipinski definition) is 0. The smallest absolute Gasteiger partial charge is 0.0619 e. The molecule has 11 aromatic carbocycles. The summed E-state index contributed by atoms with van der Waals surface area (Å²) in [5.74, 6) is 0. The van der Waals surface area contributed by atoms with Crippen molar-refractivity contribution in [1.82, 2.24) is 0 Å². The first-order chi connectivity index (χ1) is 27.3. The molecule has 0 saturated heterocycles. The lowest BCUT2D eigenvalue weighted by atomic mass is 9.69. The molecule has 0 nitrogen and oxygen atoms in total. The van der Waals surface area contributed by atoms with Gasteiger partial charge in [0.2, 0.25) is 0 Å². The maximum atomic E-state index is 2.57. The van der Waals surface area contributed by atoms with E-state index < -0.39 is 5.41 Å². The third kappa shape index (κ3) is 3.67. The fourth-order valence-corrected chi connectivity index (χ4v) is 10.9. The summed E-state index contributed by atoms with van der Waals surface area (Å²) in [5, 5.41) is 13.0. The van der Waals surface area contributed by atoms with Crippen molar-refractivity contribution in [3.63, 3.8) is 0 Å². The van der Waals surface area contributed by atoms with Gasteiger partial charge in [-0.2, -0.15) is 0 Å². The topological polar surface area (TPSA) is 0 Å². The van der Waals surface area contributed by atoms with Crippen molar-refractivity contribution in [3.8, 4) is 44.5 Å². The molecule has 0 unspecified atom stereocenters. The van der Waals surface area contributed by atoms with Gasteiger partial charge < -0.3 is 0 Å². The first kappa shape index (κ1) is 29.4. The van der Waals surface area contributed by atoms with Crippen molar-refractivity contribution < 1.29 is 0 Å². The number of hydrogen-bond acceptors (Lipinski definition) is 0. The Morgan fingerprint density at radius 3 is 1.58 bits per heavy atom. The molecule has 2 aliphatic carbocycles. The molecule has 13 rings (SSSR count). The molecule has 0 aliphatic heterocycles. The predicted octanol–water partition coefficient (Wildman–Crippen LogP) is 14.6. The van der Waals surface area contributed by atoms with E-state index in [1.54, 1.807) is 0 Å². The highest BCUT2D eigenvalue weighted by Crippen LogP contribution is 2.66. The number of benzene rings is 11. The van der Waals surface area contributed by atoms with Crippen LogP contribution in [0.25, 0.3) is 98.4 Å². The van der Waals surface area contributed by atoms with E-state index in [-0.39, 0.29) is 0 Å². The van der Waals surface area contributed by atoms with Gasteiger partial charge in [0, 0.05) is 0 Å². The zero-order valence-electron chi connectivity index (χ0n) is 30.0. The lowest BCUT2D eigenvalue weighted by Gasteiger charge is -2.32. The molecule has 252 valence electrons. The Balaban J connectivity index is 1.25. The van der Waals surface area contributed by atoms with E-state index in [1.807, 2.05) is 0 Å². The fourth-order valence-electron chi connectivity index (χ4n) is 10.9. The molecular weight excluding hydrogens is 661 g/mol. The zero-order valence-corrected chi connectivity index (χ0v) is 30.0. The largest absolute Gasteiger partial charge is 0.0731 e. The van der Waals surface area contributed by atoms with Crippen LogP contribution >= 0.6 is 0 Å². The highest BCUT2D eigenvalue weighted by molar-refractivity contribution is 6.25. The minimum absolute atomic E-state index is 0.502. The van der Waals surface area contributed by atoms with Gasteiger partial charge in [-0.1, -0.05) is 182 Å². The SMILES string of the molecule is c1ccc2c(c1)-c1ccccc1C21c2cc(-c3ccc4ccc5cccc6ccc3c4c56)cc(-c3cccc4ccccc34)c2-c2ccc3ccccc3c21. The summed E-state index contributed by atoms with van der Waals surface area (Å²) in [4.78, 5) is 0. The third-order valence-electron chi connectivity index (χ3n) is 13.0. The van der Waals surface area contributed by atoms with Crippen molar-refractivity contribution >= 4 is 53.9 Å². The Morgan fingerprint density at radius 2 is 0.800 bits per heavy atom. The Morgan fingerprint density at radius 1 is 0.273 bits per heavy atom. The molecule has 0 heterocycles. The third-order valence-corrected chi connectivity index (χ3v) is 13.0. The molecule has 0 heteroatoms. The molecule has 0 bridgehead atoms.